The van der Waals surface area contributed by atoms with E-state index < -0.39 is 0 Å². The number of amides is 1. The minimum absolute atomic E-state index is 0.284. The lowest BCUT2D eigenvalue weighted by atomic mass is 10.3. The van der Waals surface area contributed by atoms with Crippen molar-refractivity contribution in [3.05, 3.63) is 47.7 Å². The topological polar surface area (TPSA) is 67.8 Å². The van der Waals surface area contributed by atoms with Crippen molar-refractivity contribution >= 4 is 11.7 Å². The van der Waals surface area contributed by atoms with E-state index in [1.54, 1.807) is 31.5 Å². The largest absolute Gasteiger partial charge is 0.305 e. The van der Waals surface area contributed by atoms with E-state index in [9.17, 15) is 4.79 Å². The molecule has 0 saturated carbocycles. The van der Waals surface area contributed by atoms with Gasteiger partial charge in [0.05, 0.1) is 0 Å². The second-order valence-corrected chi connectivity index (χ2v) is 3.66. The van der Waals surface area contributed by atoms with E-state index in [-0.39, 0.29) is 5.91 Å². The van der Waals surface area contributed by atoms with Crippen molar-refractivity contribution in [3.63, 3.8) is 0 Å². The summed E-state index contributed by atoms with van der Waals surface area (Å²) in [6.45, 7) is 3.67. The first-order valence-corrected chi connectivity index (χ1v) is 5.19. The number of carbonyl (C=O) groups is 1. The lowest BCUT2D eigenvalue weighted by Gasteiger charge is -2.04. The molecule has 0 fully saturated rings. The fraction of sp³-hybridized carbons (Fsp3) is 0.167. The molecular weight excluding hydrogens is 216 g/mol. The third kappa shape index (κ3) is 2.84. The van der Waals surface area contributed by atoms with Crippen LogP contribution in [0.5, 0.6) is 0 Å². The molecular formula is C12H12N4O. The summed E-state index contributed by atoms with van der Waals surface area (Å²) in [5.74, 6) is 0.801. The molecule has 1 N–H and O–H groups in total. The highest BCUT2D eigenvalue weighted by Crippen LogP contribution is 2.07. The van der Waals surface area contributed by atoms with Gasteiger partial charge in [-0.05, 0) is 37.6 Å². The lowest BCUT2D eigenvalue weighted by molar-refractivity contribution is 0.102. The SMILES string of the molecule is Cc1ccnc(NC(=O)c2ccnc(C)n2)c1. The maximum Gasteiger partial charge on any atom is 0.275 e. The maximum absolute atomic E-state index is 11.8. The summed E-state index contributed by atoms with van der Waals surface area (Å²) >= 11 is 0. The average Bonchev–Trinajstić information content (AvgIpc) is 2.29. The number of carbonyl (C=O) groups excluding carboxylic acids is 1. The Hall–Kier alpha value is -2.30. The summed E-state index contributed by atoms with van der Waals surface area (Å²) in [6.07, 6.45) is 3.21. The second kappa shape index (κ2) is 4.69. The highest BCUT2D eigenvalue weighted by Gasteiger charge is 2.08. The predicted molar refractivity (Wildman–Crippen MR) is 63.7 cm³/mol. The van der Waals surface area contributed by atoms with Crippen LogP contribution in [0.3, 0.4) is 0 Å². The van der Waals surface area contributed by atoms with E-state index in [1.807, 2.05) is 13.0 Å². The van der Waals surface area contributed by atoms with Gasteiger partial charge in [-0.2, -0.15) is 0 Å². The molecule has 0 aliphatic heterocycles. The molecule has 5 heteroatoms. The number of anilines is 1. The zero-order valence-electron chi connectivity index (χ0n) is 9.64. The third-order valence-electron chi connectivity index (χ3n) is 2.17. The molecule has 0 saturated heterocycles. The summed E-state index contributed by atoms with van der Waals surface area (Å²) in [5, 5.41) is 2.69. The van der Waals surface area contributed by atoms with Gasteiger partial charge in [0.15, 0.2) is 0 Å². The smallest absolute Gasteiger partial charge is 0.275 e. The van der Waals surface area contributed by atoms with Crippen LogP contribution < -0.4 is 5.32 Å². The number of rotatable bonds is 2. The summed E-state index contributed by atoms with van der Waals surface area (Å²) < 4.78 is 0. The van der Waals surface area contributed by atoms with Gasteiger partial charge in [0.25, 0.3) is 5.91 Å². The molecule has 0 radical (unpaired) electrons. The van der Waals surface area contributed by atoms with Crippen molar-refractivity contribution in [2.75, 3.05) is 5.32 Å². The lowest BCUT2D eigenvalue weighted by Crippen LogP contribution is -2.15. The first-order chi connectivity index (χ1) is 8.15. The Bertz CT molecular complexity index is 554. The van der Waals surface area contributed by atoms with Crippen LogP contribution in [0.2, 0.25) is 0 Å². The van der Waals surface area contributed by atoms with Crippen molar-refractivity contribution < 1.29 is 4.79 Å². The predicted octanol–water partition coefficient (Wildman–Crippen LogP) is 1.74. The quantitative estimate of drug-likeness (QED) is 0.850. The molecule has 2 aromatic heterocycles. The molecule has 0 aliphatic carbocycles. The van der Waals surface area contributed by atoms with Crippen molar-refractivity contribution in [1.82, 2.24) is 15.0 Å². The molecule has 0 bridgehead atoms. The minimum Gasteiger partial charge on any atom is -0.305 e. The van der Waals surface area contributed by atoms with Crippen LogP contribution in [-0.4, -0.2) is 20.9 Å². The van der Waals surface area contributed by atoms with E-state index in [0.29, 0.717) is 17.3 Å². The van der Waals surface area contributed by atoms with Gasteiger partial charge in [-0.25, -0.2) is 15.0 Å². The van der Waals surface area contributed by atoms with Gasteiger partial charge in [0, 0.05) is 12.4 Å². The highest BCUT2D eigenvalue weighted by atomic mass is 16.1. The normalized spacial score (nSPS) is 10.0. The number of pyridine rings is 1. The summed E-state index contributed by atoms with van der Waals surface area (Å²) in [5.41, 5.74) is 1.37. The molecule has 0 aromatic carbocycles. The molecule has 0 aliphatic rings. The number of aryl methyl sites for hydroxylation is 2. The van der Waals surface area contributed by atoms with Crippen LogP contribution in [0.1, 0.15) is 21.9 Å². The van der Waals surface area contributed by atoms with Crippen molar-refractivity contribution in [2.45, 2.75) is 13.8 Å². The standard InChI is InChI=1S/C12H12N4O/c1-8-3-5-14-11(7-8)16-12(17)10-4-6-13-9(2)15-10/h3-7H,1-2H3,(H,14,16,17). The van der Waals surface area contributed by atoms with E-state index in [0.717, 1.165) is 5.56 Å². The fourth-order valence-electron chi connectivity index (χ4n) is 1.37. The molecule has 2 rings (SSSR count). The van der Waals surface area contributed by atoms with Gasteiger partial charge in [-0.3, -0.25) is 4.79 Å². The monoisotopic (exact) mass is 228 g/mol. The first kappa shape index (κ1) is 11.2. The number of nitrogens with zero attached hydrogens (tertiary/aromatic N) is 3. The number of aromatic nitrogens is 3. The maximum atomic E-state index is 11.8. The van der Waals surface area contributed by atoms with Crippen LogP contribution >= 0.6 is 0 Å². The van der Waals surface area contributed by atoms with Gasteiger partial charge < -0.3 is 5.32 Å². The average molecular weight is 228 g/mol. The Morgan fingerprint density at radius 1 is 1.18 bits per heavy atom. The number of nitrogens with one attached hydrogen (secondary N) is 1. The molecule has 0 atom stereocenters. The Kier molecular flexibility index (Phi) is 3.09. The molecule has 2 heterocycles. The van der Waals surface area contributed by atoms with Crippen molar-refractivity contribution in [3.8, 4) is 0 Å². The molecule has 0 spiro atoms. The van der Waals surface area contributed by atoms with Gasteiger partial charge in [0.2, 0.25) is 0 Å². The molecule has 5 nitrogen and oxygen atoms in total. The molecule has 0 unspecified atom stereocenters. The Balaban J connectivity index is 2.17. The van der Waals surface area contributed by atoms with Crippen LogP contribution in [0.4, 0.5) is 5.82 Å². The summed E-state index contributed by atoms with van der Waals surface area (Å²) in [4.78, 5) is 23.9. The van der Waals surface area contributed by atoms with E-state index >= 15 is 0 Å². The molecule has 17 heavy (non-hydrogen) atoms. The van der Waals surface area contributed by atoms with Gasteiger partial charge in [0.1, 0.15) is 17.3 Å². The zero-order chi connectivity index (χ0) is 12.3. The number of hydrogen-bond donors (Lipinski definition) is 1. The van der Waals surface area contributed by atoms with E-state index in [1.165, 1.54) is 0 Å². The second-order valence-electron chi connectivity index (χ2n) is 3.66. The molecule has 1 amide bonds. The van der Waals surface area contributed by atoms with Gasteiger partial charge in [-0.1, -0.05) is 0 Å². The van der Waals surface area contributed by atoms with Crippen LogP contribution in [0.25, 0.3) is 0 Å². The van der Waals surface area contributed by atoms with E-state index in [4.69, 9.17) is 0 Å². The third-order valence-corrected chi connectivity index (χ3v) is 2.17. The summed E-state index contributed by atoms with van der Waals surface area (Å²) in [7, 11) is 0. The Labute approximate surface area is 99.0 Å². The Morgan fingerprint density at radius 2 is 1.94 bits per heavy atom. The molecule has 86 valence electrons. The highest BCUT2D eigenvalue weighted by molar-refractivity contribution is 6.02. The van der Waals surface area contributed by atoms with Gasteiger partial charge >= 0.3 is 0 Å². The van der Waals surface area contributed by atoms with Gasteiger partial charge in [-0.15, -0.1) is 0 Å². The van der Waals surface area contributed by atoms with Crippen LogP contribution in [0.15, 0.2) is 30.6 Å². The Morgan fingerprint density at radius 3 is 2.65 bits per heavy atom. The zero-order valence-corrected chi connectivity index (χ0v) is 9.64. The summed E-state index contributed by atoms with van der Waals surface area (Å²) in [6, 6.07) is 5.23. The van der Waals surface area contributed by atoms with E-state index in [2.05, 4.69) is 20.3 Å². The molecule has 2 aromatic rings. The first-order valence-electron chi connectivity index (χ1n) is 5.19. The van der Waals surface area contributed by atoms with Crippen LogP contribution in [0, 0.1) is 13.8 Å². The minimum atomic E-state index is -0.284. The fourth-order valence-corrected chi connectivity index (χ4v) is 1.37. The van der Waals surface area contributed by atoms with Crippen molar-refractivity contribution in [2.24, 2.45) is 0 Å². The van der Waals surface area contributed by atoms with Crippen molar-refractivity contribution in [1.29, 1.82) is 0 Å². The number of hydrogen-bond acceptors (Lipinski definition) is 4. The van der Waals surface area contributed by atoms with Crippen LogP contribution in [-0.2, 0) is 0 Å².